The van der Waals surface area contributed by atoms with Gasteiger partial charge in [0.2, 0.25) is 0 Å². The molecule has 1 fully saturated rings. The van der Waals surface area contributed by atoms with Crippen LogP contribution in [0.1, 0.15) is 18.4 Å². The van der Waals surface area contributed by atoms with Crippen LogP contribution in [-0.4, -0.2) is 25.9 Å². The van der Waals surface area contributed by atoms with Crippen molar-refractivity contribution in [1.82, 2.24) is 0 Å². The molecular weight excluding hydrogens is 233 g/mol. The van der Waals surface area contributed by atoms with E-state index in [0.29, 0.717) is 12.2 Å². The summed E-state index contributed by atoms with van der Waals surface area (Å²) in [7, 11) is 0. The van der Waals surface area contributed by atoms with E-state index in [1.807, 2.05) is 0 Å². The van der Waals surface area contributed by atoms with Crippen molar-refractivity contribution in [3.8, 4) is 17.6 Å². The second kappa shape index (κ2) is 6.39. The van der Waals surface area contributed by atoms with Gasteiger partial charge in [0.15, 0.2) is 11.6 Å². The molecule has 18 heavy (non-hydrogen) atoms. The third kappa shape index (κ3) is 3.46. The predicted molar refractivity (Wildman–Crippen MR) is 66.8 cm³/mol. The Balaban J connectivity index is 2.10. The van der Waals surface area contributed by atoms with Gasteiger partial charge in [0.1, 0.15) is 6.10 Å². The first-order valence-corrected chi connectivity index (χ1v) is 6.02. The maximum atomic E-state index is 13.6. The summed E-state index contributed by atoms with van der Waals surface area (Å²) >= 11 is 0. The molecule has 1 atom stereocenters. The molecule has 1 aliphatic heterocycles. The minimum Gasteiger partial charge on any atom is -0.485 e. The molecule has 0 radical (unpaired) electrons. The first-order chi connectivity index (χ1) is 8.79. The van der Waals surface area contributed by atoms with Crippen LogP contribution in [-0.2, 0) is 4.74 Å². The van der Waals surface area contributed by atoms with Crippen molar-refractivity contribution in [3.05, 3.63) is 29.6 Å². The van der Waals surface area contributed by atoms with Gasteiger partial charge in [-0.15, -0.1) is 0 Å². The average molecular weight is 249 g/mol. The highest BCUT2D eigenvalue weighted by atomic mass is 19.1. The Bertz CT molecular complexity index is 459. The van der Waals surface area contributed by atoms with Crippen LogP contribution in [0.2, 0.25) is 0 Å². The van der Waals surface area contributed by atoms with Crippen LogP contribution in [0.25, 0.3) is 0 Å². The Morgan fingerprint density at radius 2 is 2.39 bits per heavy atom. The van der Waals surface area contributed by atoms with E-state index in [4.69, 9.17) is 15.2 Å². The number of hydrogen-bond acceptors (Lipinski definition) is 3. The minimum atomic E-state index is -0.376. The molecule has 2 N–H and O–H groups in total. The molecule has 96 valence electrons. The maximum absolute atomic E-state index is 13.6. The maximum Gasteiger partial charge on any atom is 0.165 e. The van der Waals surface area contributed by atoms with Gasteiger partial charge >= 0.3 is 0 Å². The summed E-state index contributed by atoms with van der Waals surface area (Å²) < 4.78 is 24.5. The molecule has 1 heterocycles. The van der Waals surface area contributed by atoms with E-state index in [9.17, 15) is 4.39 Å². The monoisotopic (exact) mass is 249 g/mol. The first-order valence-electron chi connectivity index (χ1n) is 6.02. The van der Waals surface area contributed by atoms with Crippen molar-refractivity contribution in [2.75, 3.05) is 19.8 Å². The molecule has 3 nitrogen and oxygen atoms in total. The summed E-state index contributed by atoms with van der Waals surface area (Å²) in [4.78, 5) is 0. The van der Waals surface area contributed by atoms with Crippen molar-refractivity contribution in [1.29, 1.82) is 0 Å². The molecule has 2 rings (SSSR count). The van der Waals surface area contributed by atoms with Crippen molar-refractivity contribution in [3.63, 3.8) is 0 Å². The zero-order valence-electron chi connectivity index (χ0n) is 10.1. The number of halogens is 1. The van der Waals surface area contributed by atoms with Gasteiger partial charge in [0.05, 0.1) is 13.2 Å². The lowest BCUT2D eigenvalue weighted by atomic mass is 10.1. The highest BCUT2D eigenvalue weighted by Gasteiger charge is 2.17. The molecule has 0 aromatic heterocycles. The summed E-state index contributed by atoms with van der Waals surface area (Å²) in [6.07, 6.45) is 1.75. The molecule has 1 aliphatic rings. The van der Waals surface area contributed by atoms with E-state index in [0.717, 1.165) is 19.4 Å². The molecule has 0 spiro atoms. The summed E-state index contributed by atoms with van der Waals surface area (Å²) in [5, 5.41) is 0. The average Bonchev–Trinajstić information content (AvgIpc) is 2.41. The molecule has 1 aromatic carbocycles. The SMILES string of the molecule is NCC#Cc1ccc(F)c(OC2CCCOC2)c1. The molecule has 4 heteroatoms. The van der Waals surface area contributed by atoms with Crippen LogP contribution >= 0.6 is 0 Å². The van der Waals surface area contributed by atoms with Crippen LogP contribution in [0.5, 0.6) is 5.75 Å². The highest BCUT2D eigenvalue weighted by Crippen LogP contribution is 2.22. The highest BCUT2D eigenvalue weighted by molar-refractivity contribution is 5.40. The third-order valence-corrected chi connectivity index (χ3v) is 2.68. The summed E-state index contributed by atoms with van der Waals surface area (Å²) in [5.41, 5.74) is 6.00. The summed E-state index contributed by atoms with van der Waals surface area (Å²) in [5.74, 6) is 5.44. The Labute approximate surface area is 106 Å². The molecule has 0 amide bonds. The standard InChI is InChI=1S/C14H16FNO2/c15-13-6-5-11(3-1-7-16)9-14(13)18-12-4-2-8-17-10-12/h5-6,9,12H,2,4,7-8,10,16H2. The van der Waals surface area contributed by atoms with Gasteiger partial charge in [-0.2, -0.15) is 0 Å². The zero-order valence-corrected chi connectivity index (χ0v) is 10.1. The van der Waals surface area contributed by atoms with Crippen LogP contribution in [0.3, 0.4) is 0 Å². The molecule has 1 saturated heterocycles. The normalized spacial score (nSPS) is 18.9. The van der Waals surface area contributed by atoms with Crippen LogP contribution < -0.4 is 10.5 Å². The van der Waals surface area contributed by atoms with Gasteiger partial charge in [-0.3, -0.25) is 0 Å². The van der Waals surface area contributed by atoms with Crippen molar-refractivity contribution in [2.24, 2.45) is 5.73 Å². The van der Waals surface area contributed by atoms with E-state index in [1.165, 1.54) is 6.07 Å². The molecule has 1 aromatic rings. The summed E-state index contributed by atoms with van der Waals surface area (Å²) in [6.45, 7) is 1.55. The molecule has 0 bridgehead atoms. The number of nitrogens with two attached hydrogens (primary N) is 1. The van der Waals surface area contributed by atoms with Crippen molar-refractivity contribution in [2.45, 2.75) is 18.9 Å². The largest absolute Gasteiger partial charge is 0.485 e. The van der Waals surface area contributed by atoms with Crippen LogP contribution in [0, 0.1) is 17.7 Å². The first kappa shape index (κ1) is 12.9. The van der Waals surface area contributed by atoms with E-state index in [1.54, 1.807) is 12.1 Å². The van der Waals surface area contributed by atoms with Gasteiger partial charge < -0.3 is 15.2 Å². The topological polar surface area (TPSA) is 44.5 Å². The molecular formula is C14H16FNO2. The van der Waals surface area contributed by atoms with Crippen LogP contribution in [0.4, 0.5) is 4.39 Å². The van der Waals surface area contributed by atoms with E-state index < -0.39 is 0 Å². The lowest BCUT2D eigenvalue weighted by Crippen LogP contribution is -2.28. The van der Waals surface area contributed by atoms with Gasteiger partial charge in [-0.1, -0.05) is 11.8 Å². The Morgan fingerprint density at radius 1 is 1.50 bits per heavy atom. The lowest BCUT2D eigenvalue weighted by molar-refractivity contribution is 0.00587. The van der Waals surface area contributed by atoms with E-state index in [-0.39, 0.29) is 24.2 Å². The summed E-state index contributed by atoms with van der Waals surface area (Å²) in [6, 6.07) is 4.58. The third-order valence-electron chi connectivity index (χ3n) is 2.68. The smallest absolute Gasteiger partial charge is 0.165 e. The Hall–Kier alpha value is -1.57. The van der Waals surface area contributed by atoms with Crippen molar-refractivity contribution < 1.29 is 13.9 Å². The van der Waals surface area contributed by atoms with E-state index >= 15 is 0 Å². The van der Waals surface area contributed by atoms with Crippen molar-refractivity contribution >= 4 is 0 Å². The number of ether oxygens (including phenoxy) is 2. The number of hydrogen-bond donors (Lipinski definition) is 1. The minimum absolute atomic E-state index is 0.0778. The number of rotatable bonds is 2. The zero-order chi connectivity index (χ0) is 12.8. The second-order valence-electron chi connectivity index (χ2n) is 4.11. The fourth-order valence-corrected chi connectivity index (χ4v) is 1.81. The fourth-order valence-electron chi connectivity index (χ4n) is 1.81. The predicted octanol–water partition coefficient (Wildman–Crippen LogP) is 1.69. The quantitative estimate of drug-likeness (QED) is 0.811. The van der Waals surface area contributed by atoms with Crippen LogP contribution in [0.15, 0.2) is 18.2 Å². The van der Waals surface area contributed by atoms with Gasteiger partial charge in [-0.25, -0.2) is 4.39 Å². The van der Waals surface area contributed by atoms with E-state index in [2.05, 4.69) is 11.8 Å². The fraction of sp³-hybridized carbons (Fsp3) is 0.429. The Kier molecular flexibility index (Phi) is 4.57. The lowest BCUT2D eigenvalue weighted by Gasteiger charge is -2.23. The number of benzene rings is 1. The molecule has 0 aliphatic carbocycles. The second-order valence-corrected chi connectivity index (χ2v) is 4.11. The van der Waals surface area contributed by atoms with Gasteiger partial charge in [0.25, 0.3) is 0 Å². The van der Waals surface area contributed by atoms with Gasteiger partial charge in [-0.05, 0) is 31.0 Å². The molecule has 0 saturated carbocycles. The molecule has 1 unspecified atom stereocenters. The van der Waals surface area contributed by atoms with Gasteiger partial charge in [0, 0.05) is 12.2 Å². The Morgan fingerprint density at radius 3 is 3.11 bits per heavy atom.